The van der Waals surface area contributed by atoms with Crippen molar-refractivity contribution in [2.24, 2.45) is 0 Å². The minimum atomic E-state index is -0.929. The number of aryl methyl sites for hydroxylation is 1. The standard InChI is InChI=1S/C22H21Cl2N3O5/c1-13-20(21(24)27(26-13)10-14-4-2-3-5-17(14)23)22(29)25-9-15(28)11-30-16-6-7-18-19(8-16)32-12-31-18/h2-8,15,28H,9-12H2,1H3,(H,25,29). The molecule has 1 atom stereocenters. The van der Waals surface area contributed by atoms with Crippen molar-refractivity contribution in [3.05, 3.63) is 69.5 Å². The van der Waals surface area contributed by atoms with E-state index in [1.165, 1.54) is 4.68 Å². The number of aromatic nitrogens is 2. The summed E-state index contributed by atoms with van der Waals surface area (Å²) in [7, 11) is 0. The van der Waals surface area contributed by atoms with Gasteiger partial charge in [0.2, 0.25) is 6.79 Å². The van der Waals surface area contributed by atoms with Crippen LogP contribution in [0.3, 0.4) is 0 Å². The number of carbonyl (C=O) groups is 1. The molecule has 2 aromatic carbocycles. The summed E-state index contributed by atoms with van der Waals surface area (Å²) in [6, 6.07) is 12.5. The normalized spacial score (nSPS) is 13.1. The molecule has 1 aliphatic heterocycles. The molecule has 1 aromatic heterocycles. The van der Waals surface area contributed by atoms with Gasteiger partial charge in [-0.3, -0.25) is 4.79 Å². The lowest BCUT2D eigenvalue weighted by molar-refractivity contribution is 0.0843. The molecule has 4 rings (SSSR count). The van der Waals surface area contributed by atoms with Gasteiger partial charge in [0.25, 0.3) is 5.91 Å². The van der Waals surface area contributed by atoms with E-state index in [0.29, 0.717) is 34.5 Å². The predicted octanol–water partition coefficient (Wildman–Crippen LogP) is 3.45. The second-order valence-corrected chi connectivity index (χ2v) is 7.96. The summed E-state index contributed by atoms with van der Waals surface area (Å²) < 4.78 is 17.6. The molecule has 3 aromatic rings. The van der Waals surface area contributed by atoms with Crippen LogP contribution in [0, 0.1) is 6.92 Å². The first kappa shape index (κ1) is 22.3. The summed E-state index contributed by atoms with van der Waals surface area (Å²) >= 11 is 12.6. The van der Waals surface area contributed by atoms with E-state index in [-0.39, 0.29) is 30.7 Å². The molecule has 0 radical (unpaired) electrons. The molecular weight excluding hydrogens is 457 g/mol. The van der Waals surface area contributed by atoms with Crippen molar-refractivity contribution in [2.45, 2.75) is 19.6 Å². The molecule has 1 unspecified atom stereocenters. The zero-order chi connectivity index (χ0) is 22.7. The Morgan fingerprint density at radius 1 is 1.25 bits per heavy atom. The largest absolute Gasteiger partial charge is 0.491 e. The number of aliphatic hydroxyl groups is 1. The van der Waals surface area contributed by atoms with Crippen LogP contribution < -0.4 is 19.5 Å². The van der Waals surface area contributed by atoms with Crippen molar-refractivity contribution >= 4 is 29.1 Å². The summed E-state index contributed by atoms with van der Waals surface area (Å²) in [6.07, 6.45) is -0.929. The Morgan fingerprint density at radius 2 is 2.03 bits per heavy atom. The number of halogens is 2. The van der Waals surface area contributed by atoms with Crippen molar-refractivity contribution in [1.29, 1.82) is 0 Å². The third-order valence-corrected chi connectivity index (χ3v) is 5.61. The van der Waals surface area contributed by atoms with Gasteiger partial charge in [-0.15, -0.1) is 0 Å². The fourth-order valence-corrected chi connectivity index (χ4v) is 3.74. The molecule has 0 saturated carbocycles. The molecule has 0 fully saturated rings. The Bertz CT molecular complexity index is 1130. The lowest BCUT2D eigenvalue weighted by Crippen LogP contribution is -2.35. The van der Waals surface area contributed by atoms with E-state index < -0.39 is 12.0 Å². The highest BCUT2D eigenvalue weighted by Gasteiger charge is 2.21. The lowest BCUT2D eigenvalue weighted by Gasteiger charge is -2.13. The van der Waals surface area contributed by atoms with Gasteiger partial charge in [0.15, 0.2) is 11.5 Å². The maximum absolute atomic E-state index is 12.7. The quantitative estimate of drug-likeness (QED) is 0.515. The fraction of sp³-hybridized carbons (Fsp3) is 0.273. The molecular formula is C22H21Cl2N3O5. The molecule has 1 amide bonds. The number of hydrogen-bond acceptors (Lipinski definition) is 6. The fourth-order valence-electron chi connectivity index (χ4n) is 3.22. The number of ether oxygens (including phenoxy) is 3. The first-order chi connectivity index (χ1) is 15.4. The number of hydrogen-bond donors (Lipinski definition) is 2. The molecule has 2 N–H and O–H groups in total. The van der Waals surface area contributed by atoms with Crippen LogP contribution in [0.5, 0.6) is 17.2 Å². The molecule has 2 heterocycles. The van der Waals surface area contributed by atoms with Gasteiger partial charge in [0.05, 0.1) is 17.8 Å². The predicted molar refractivity (Wildman–Crippen MR) is 119 cm³/mol. The summed E-state index contributed by atoms with van der Waals surface area (Å²) in [6.45, 7) is 2.17. The van der Waals surface area contributed by atoms with Crippen LogP contribution in [-0.4, -0.2) is 46.8 Å². The summed E-state index contributed by atoms with van der Waals surface area (Å²) in [5.74, 6) is 1.33. The zero-order valence-corrected chi connectivity index (χ0v) is 18.7. The topological polar surface area (TPSA) is 94.8 Å². The van der Waals surface area contributed by atoms with Crippen LogP contribution in [0.15, 0.2) is 42.5 Å². The average molecular weight is 478 g/mol. The second kappa shape index (κ2) is 9.68. The van der Waals surface area contributed by atoms with Gasteiger partial charge in [0, 0.05) is 17.6 Å². The summed E-state index contributed by atoms with van der Waals surface area (Å²) in [4.78, 5) is 12.7. The van der Waals surface area contributed by atoms with Gasteiger partial charge in [0.1, 0.15) is 23.6 Å². The second-order valence-electron chi connectivity index (χ2n) is 7.19. The lowest BCUT2D eigenvalue weighted by atomic mass is 10.2. The minimum Gasteiger partial charge on any atom is -0.491 e. The van der Waals surface area contributed by atoms with Gasteiger partial charge in [-0.1, -0.05) is 41.4 Å². The number of fused-ring (bicyclic) bond motifs is 1. The van der Waals surface area contributed by atoms with Crippen LogP contribution in [0.2, 0.25) is 10.2 Å². The van der Waals surface area contributed by atoms with Gasteiger partial charge in [-0.25, -0.2) is 4.68 Å². The first-order valence-electron chi connectivity index (χ1n) is 9.87. The van der Waals surface area contributed by atoms with E-state index in [1.807, 2.05) is 18.2 Å². The third kappa shape index (κ3) is 4.93. The highest BCUT2D eigenvalue weighted by molar-refractivity contribution is 6.33. The maximum Gasteiger partial charge on any atom is 0.256 e. The van der Waals surface area contributed by atoms with Gasteiger partial charge >= 0.3 is 0 Å². The van der Waals surface area contributed by atoms with E-state index in [9.17, 15) is 9.90 Å². The highest BCUT2D eigenvalue weighted by atomic mass is 35.5. The Kier molecular flexibility index (Phi) is 6.74. The summed E-state index contributed by atoms with van der Waals surface area (Å²) in [5, 5.41) is 18.0. The smallest absolute Gasteiger partial charge is 0.256 e. The summed E-state index contributed by atoms with van der Waals surface area (Å²) in [5.41, 5.74) is 1.56. The third-order valence-electron chi connectivity index (χ3n) is 4.86. The van der Waals surface area contributed by atoms with E-state index in [1.54, 1.807) is 31.2 Å². The van der Waals surface area contributed by atoms with Crippen molar-refractivity contribution < 1.29 is 24.1 Å². The van der Waals surface area contributed by atoms with Crippen LogP contribution in [0.1, 0.15) is 21.6 Å². The number of benzene rings is 2. The molecule has 0 aliphatic carbocycles. The van der Waals surface area contributed by atoms with Crippen LogP contribution in [0.25, 0.3) is 0 Å². The van der Waals surface area contributed by atoms with Crippen molar-refractivity contribution in [1.82, 2.24) is 15.1 Å². The van der Waals surface area contributed by atoms with Crippen molar-refractivity contribution in [3.63, 3.8) is 0 Å². The van der Waals surface area contributed by atoms with Crippen LogP contribution in [-0.2, 0) is 6.54 Å². The first-order valence-corrected chi connectivity index (χ1v) is 10.6. The number of aliphatic hydroxyl groups excluding tert-OH is 1. The van der Waals surface area contributed by atoms with E-state index >= 15 is 0 Å². The molecule has 32 heavy (non-hydrogen) atoms. The number of nitrogens with zero attached hydrogens (tertiary/aromatic N) is 2. The Balaban J connectivity index is 1.32. The number of rotatable bonds is 8. The molecule has 1 aliphatic rings. The molecule has 0 spiro atoms. The highest BCUT2D eigenvalue weighted by Crippen LogP contribution is 2.35. The van der Waals surface area contributed by atoms with Gasteiger partial charge < -0.3 is 24.6 Å². The number of nitrogens with one attached hydrogen (secondary N) is 1. The van der Waals surface area contributed by atoms with Crippen molar-refractivity contribution in [2.75, 3.05) is 19.9 Å². The molecule has 168 valence electrons. The maximum atomic E-state index is 12.7. The number of carbonyl (C=O) groups excluding carboxylic acids is 1. The molecule has 0 saturated heterocycles. The Hall–Kier alpha value is -2.94. The van der Waals surface area contributed by atoms with Gasteiger partial charge in [-0.05, 0) is 30.7 Å². The minimum absolute atomic E-state index is 0.0155. The molecule has 8 nitrogen and oxygen atoms in total. The molecule has 10 heteroatoms. The Labute approximate surface area is 194 Å². The number of amides is 1. The zero-order valence-electron chi connectivity index (χ0n) is 17.2. The van der Waals surface area contributed by atoms with Crippen molar-refractivity contribution in [3.8, 4) is 17.2 Å². The van der Waals surface area contributed by atoms with Gasteiger partial charge in [-0.2, -0.15) is 5.10 Å². The average Bonchev–Trinajstić information content (AvgIpc) is 3.35. The monoisotopic (exact) mass is 477 g/mol. The SMILES string of the molecule is Cc1nn(Cc2ccccc2Cl)c(Cl)c1C(=O)NCC(O)COc1ccc2c(c1)OCO2. The van der Waals surface area contributed by atoms with E-state index in [2.05, 4.69) is 10.4 Å². The van der Waals surface area contributed by atoms with Crippen LogP contribution >= 0.6 is 23.2 Å². The van der Waals surface area contributed by atoms with Crippen LogP contribution in [0.4, 0.5) is 0 Å². The van der Waals surface area contributed by atoms with E-state index in [0.717, 1.165) is 5.56 Å². The molecule has 0 bridgehead atoms. The Morgan fingerprint density at radius 3 is 2.84 bits per heavy atom. The van der Waals surface area contributed by atoms with E-state index in [4.69, 9.17) is 37.4 Å².